The predicted octanol–water partition coefficient (Wildman–Crippen LogP) is 2.43. The fourth-order valence-electron chi connectivity index (χ4n) is 1.39. The maximum atomic E-state index is 11.7. The van der Waals surface area contributed by atoms with Crippen molar-refractivity contribution in [2.24, 2.45) is 0 Å². The summed E-state index contributed by atoms with van der Waals surface area (Å²) >= 11 is 11.7. The van der Waals surface area contributed by atoms with E-state index in [0.717, 1.165) is 12.8 Å². The minimum Gasteiger partial charge on any atom is -0.452 e. The molecule has 1 fully saturated rings. The van der Waals surface area contributed by atoms with Crippen molar-refractivity contribution in [3.63, 3.8) is 0 Å². The molecule has 1 aromatic rings. The quantitative estimate of drug-likeness (QED) is 0.866. The molecule has 1 N–H and O–H groups in total. The molecule has 1 aliphatic carbocycles. The average molecular weight is 288 g/mol. The van der Waals surface area contributed by atoms with E-state index in [2.05, 4.69) is 5.32 Å². The van der Waals surface area contributed by atoms with Gasteiger partial charge >= 0.3 is 5.97 Å². The highest BCUT2D eigenvalue weighted by Crippen LogP contribution is 2.25. The van der Waals surface area contributed by atoms with Crippen LogP contribution in [0.2, 0.25) is 10.0 Å². The van der Waals surface area contributed by atoms with Crippen molar-refractivity contribution in [1.82, 2.24) is 5.32 Å². The summed E-state index contributed by atoms with van der Waals surface area (Å²) in [6.45, 7) is -0.323. The molecule has 6 heteroatoms. The number of nitrogens with one attached hydrogen (secondary N) is 1. The number of amides is 1. The molecule has 0 saturated heterocycles. The molecule has 18 heavy (non-hydrogen) atoms. The summed E-state index contributed by atoms with van der Waals surface area (Å²) in [4.78, 5) is 23.1. The third kappa shape index (κ3) is 3.37. The zero-order valence-corrected chi connectivity index (χ0v) is 10.9. The number of rotatable bonds is 4. The zero-order chi connectivity index (χ0) is 13.1. The summed E-state index contributed by atoms with van der Waals surface area (Å²) in [5, 5.41) is 3.12. The molecule has 0 aromatic heterocycles. The van der Waals surface area contributed by atoms with Gasteiger partial charge in [0, 0.05) is 6.04 Å². The lowest BCUT2D eigenvalue weighted by Crippen LogP contribution is -2.30. The molecule has 0 unspecified atom stereocenters. The van der Waals surface area contributed by atoms with E-state index in [9.17, 15) is 9.59 Å². The summed E-state index contributed by atoms with van der Waals surface area (Å²) in [6, 6.07) is 4.93. The van der Waals surface area contributed by atoms with Gasteiger partial charge in [-0.05, 0) is 25.0 Å². The fraction of sp³-hybridized carbons (Fsp3) is 0.333. The third-order valence-corrected chi connectivity index (χ3v) is 3.07. The average Bonchev–Trinajstić information content (AvgIpc) is 3.10. The fourth-order valence-corrected chi connectivity index (χ4v) is 1.94. The van der Waals surface area contributed by atoms with Gasteiger partial charge in [-0.25, -0.2) is 4.79 Å². The molecular weight excluding hydrogens is 277 g/mol. The molecule has 0 radical (unpaired) electrons. The summed E-state index contributed by atoms with van der Waals surface area (Å²) in [7, 11) is 0. The SMILES string of the molecule is O=C(COC(=O)c1c(Cl)cccc1Cl)NC1CC1. The standard InChI is InChI=1S/C12H11Cl2NO3/c13-8-2-1-3-9(14)11(8)12(17)18-6-10(16)15-7-4-5-7/h1-3,7H,4-6H2,(H,15,16). The van der Waals surface area contributed by atoms with E-state index < -0.39 is 5.97 Å². The summed E-state index contributed by atoms with van der Waals surface area (Å²) in [5.74, 6) is -1.01. The van der Waals surface area contributed by atoms with Crippen molar-refractivity contribution in [3.8, 4) is 0 Å². The number of esters is 1. The number of carbonyl (C=O) groups excluding carboxylic acids is 2. The molecule has 0 bridgehead atoms. The van der Waals surface area contributed by atoms with Crippen LogP contribution >= 0.6 is 23.2 Å². The largest absolute Gasteiger partial charge is 0.452 e. The van der Waals surface area contributed by atoms with Crippen LogP contribution in [0.3, 0.4) is 0 Å². The Hall–Kier alpha value is -1.26. The topological polar surface area (TPSA) is 55.4 Å². The lowest BCUT2D eigenvalue weighted by atomic mass is 10.2. The molecule has 1 aliphatic rings. The molecule has 0 atom stereocenters. The van der Waals surface area contributed by atoms with Crippen LogP contribution in [0, 0.1) is 0 Å². The Labute approximate surface area is 114 Å². The molecule has 1 aromatic carbocycles. The highest BCUT2D eigenvalue weighted by molar-refractivity contribution is 6.39. The summed E-state index contributed by atoms with van der Waals surface area (Å²) in [5.41, 5.74) is 0.0834. The van der Waals surface area contributed by atoms with Crippen LogP contribution in [0.5, 0.6) is 0 Å². The van der Waals surface area contributed by atoms with Gasteiger partial charge < -0.3 is 10.1 Å². The van der Waals surface area contributed by atoms with Gasteiger partial charge in [-0.15, -0.1) is 0 Å². The van der Waals surface area contributed by atoms with Gasteiger partial charge in [0.15, 0.2) is 6.61 Å². The maximum absolute atomic E-state index is 11.7. The van der Waals surface area contributed by atoms with Crippen molar-refractivity contribution in [2.75, 3.05) is 6.61 Å². The Morgan fingerprint density at radius 1 is 1.28 bits per heavy atom. The van der Waals surface area contributed by atoms with Crippen LogP contribution in [-0.4, -0.2) is 24.5 Å². The van der Waals surface area contributed by atoms with Crippen LogP contribution in [0.1, 0.15) is 23.2 Å². The van der Waals surface area contributed by atoms with Gasteiger partial charge in [-0.3, -0.25) is 4.79 Å². The number of hydrogen-bond acceptors (Lipinski definition) is 3. The minimum absolute atomic E-state index is 0.0834. The Balaban J connectivity index is 1.92. The third-order valence-electron chi connectivity index (χ3n) is 2.44. The van der Waals surface area contributed by atoms with Crippen LogP contribution < -0.4 is 5.32 Å². The summed E-state index contributed by atoms with van der Waals surface area (Å²) in [6.07, 6.45) is 1.96. The Morgan fingerprint density at radius 2 is 1.89 bits per heavy atom. The monoisotopic (exact) mass is 287 g/mol. The first kappa shape index (κ1) is 13.2. The molecule has 2 rings (SSSR count). The smallest absolute Gasteiger partial charge is 0.341 e. The van der Waals surface area contributed by atoms with Crippen molar-refractivity contribution >= 4 is 35.1 Å². The van der Waals surface area contributed by atoms with Crippen molar-refractivity contribution in [1.29, 1.82) is 0 Å². The zero-order valence-electron chi connectivity index (χ0n) is 9.41. The first-order valence-electron chi connectivity index (χ1n) is 5.48. The van der Waals surface area contributed by atoms with Crippen molar-refractivity contribution < 1.29 is 14.3 Å². The molecule has 0 aliphatic heterocycles. The number of halogens is 2. The van der Waals surface area contributed by atoms with E-state index in [-0.39, 0.29) is 34.2 Å². The van der Waals surface area contributed by atoms with Gasteiger partial charge in [0.25, 0.3) is 5.91 Å². The molecular formula is C12H11Cl2NO3. The number of hydrogen-bond donors (Lipinski definition) is 1. The second-order valence-corrected chi connectivity index (χ2v) is 4.83. The van der Waals surface area contributed by atoms with Gasteiger partial charge in [-0.1, -0.05) is 29.3 Å². The maximum Gasteiger partial charge on any atom is 0.341 e. The van der Waals surface area contributed by atoms with Crippen LogP contribution in [0.15, 0.2) is 18.2 Å². The first-order chi connectivity index (χ1) is 8.58. The Bertz CT molecular complexity index is 466. The normalized spacial score (nSPS) is 14.1. The lowest BCUT2D eigenvalue weighted by Gasteiger charge is -2.07. The first-order valence-corrected chi connectivity index (χ1v) is 6.24. The highest BCUT2D eigenvalue weighted by Gasteiger charge is 2.24. The Kier molecular flexibility index (Phi) is 4.09. The van der Waals surface area contributed by atoms with Crippen LogP contribution in [-0.2, 0) is 9.53 Å². The van der Waals surface area contributed by atoms with E-state index in [0.29, 0.717) is 0 Å². The van der Waals surface area contributed by atoms with Crippen LogP contribution in [0.25, 0.3) is 0 Å². The predicted molar refractivity (Wildman–Crippen MR) is 67.9 cm³/mol. The summed E-state index contributed by atoms with van der Waals surface area (Å²) < 4.78 is 4.86. The molecule has 96 valence electrons. The van der Waals surface area contributed by atoms with E-state index in [1.54, 1.807) is 6.07 Å². The molecule has 1 saturated carbocycles. The van der Waals surface area contributed by atoms with Gasteiger partial charge in [-0.2, -0.15) is 0 Å². The lowest BCUT2D eigenvalue weighted by molar-refractivity contribution is -0.124. The Morgan fingerprint density at radius 3 is 2.44 bits per heavy atom. The molecule has 0 spiro atoms. The van der Waals surface area contributed by atoms with Gasteiger partial charge in [0.2, 0.25) is 0 Å². The van der Waals surface area contributed by atoms with Crippen LogP contribution in [0.4, 0.5) is 0 Å². The number of ether oxygens (including phenoxy) is 1. The molecule has 0 heterocycles. The van der Waals surface area contributed by atoms with Crippen molar-refractivity contribution in [3.05, 3.63) is 33.8 Å². The van der Waals surface area contributed by atoms with E-state index in [1.165, 1.54) is 12.1 Å². The van der Waals surface area contributed by atoms with Gasteiger partial charge in [0.1, 0.15) is 0 Å². The number of benzene rings is 1. The minimum atomic E-state index is -0.698. The molecule has 1 amide bonds. The second-order valence-electron chi connectivity index (χ2n) is 4.01. The van der Waals surface area contributed by atoms with Gasteiger partial charge in [0.05, 0.1) is 15.6 Å². The van der Waals surface area contributed by atoms with E-state index in [4.69, 9.17) is 27.9 Å². The second kappa shape index (κ2) is 5.59. The highest BCUT2D eigenvalue weighted by atomic mass is 35.5. The van der Waals surface area contributed by atoms with E-state index in [1.807, 2.05) is 0 Å². The van der Waals surface area contributed by atoms with E-state index >= 15 is 0 Å². The number of carbonyl (C=O) groups is 2. The molecule has 4 nitrogen and oxygen atoms in total. The van der Waals surface area contributed by atoms with Crippen molar-refractivity contribution in [2.45, 2.75) is 18.9 Å².